The van der Waals surface area contributed by atoms with Crippen LogP contribution in [-0.4, -0.2) is 48.0 Å². The molecule has 0 unspecified atom stereocenters. The highest BCUT2D eigenvalue weighted by molar-refractivity contribution is 7.80. The molecule has 0 saturated carbocycles. The van der Waals surface area contributed by atoms with Crippen molar-refractivity contribution in [1.29, 1.82) is 0 Å². The molecule has 3 rings (SSSR count). The molecule has 2 aromatic carbocycles. The van der Waals surface area contributed by atoms with E-state index in [1.54, 1.807) is 17.0 Å². The Bertz CT molecular complexity index is 927. The molecule has 164 valence electrons. The van der Waals surface area contributed by atoms with Gasteiger partial charge in [-0.15, -0.1) is 0 Å². The Hall–Kier alpha value is -3.00. The Morgan fingerprint density at radius 2 is 1.71 bits per heavy atom. The first-order valence-corrected chi connectivity index (χ1v) is 10.9. The minimum Gasteiger partial charge on any atom is -0.368 e. The predicted molar refractivity (Wildman–Crippen MR) is 125 cm³/mol. The molecule has 0 radical (unpaired) electrons. The van der Waals surface area contributed by atoms with E-state index in [4.69, 9.17) is 12.2 Å². The van der Waals surface area contributed by atoms with E-state index < -0.39 is 5.82 Å². The minimum atomic E-state index is -0.488. The van der Waals surface area contributed by atoms with E-state index in [0.29, 0.717) is 32.6 Å². The maximum absolute atomic E-state index is 13.9. The van der Waals surface area contributed by atoms with Gasteiger partial charge in [0, 0.05) is 44.0 Å². The van der Waals surface area contributed by atoms with Crippen LogP contribution in [-0.2, 0) is 4.79 Å². The zero-order valence-corrected chi connectivity index (χ0v) is 18.4. The van der Waals surface area contributed by atoms with E-state index >= 15 is 0 Å². The summed E-state index contributed by atoms with van der Waals surface area (Å²) in [5, 5.41) is 5.98. The van der Waals surface area contributed by atoms with Crippen molar-refractivity contribution in [2.45, 2.75) is 26.2 Å². The topological polar surface area (TPSA) is 64.7 Å². The van der Waals surface area contributed by atoms with Gasteiger partial charge in [0.15, 0.2) is 5.11 Å². The second kappa shape index (κ2) is 10.9. The summed E-state index contributed by atoms with van der Waals surface area (Å²) < 4.78 is 13.9. The first-order valence-electron chi connectivity index (χ1n) is 10.5. The Morgan fingerprint density at radius 3 is 2.35 bits per heavy atom. The fraction of sp³-hybridized carbons (Fsp3) is 0.348. The number of nitrogens with one attached hydrogen (secondary N) is 2. The molecule has 0 aromatic heterocycles. The van der Waals surface area contributed by atoms with Gasteiger partial charge < -0.3 is 20.4 Å². The molecule has 1 heterocycles. The summed E-state index contributed by atoms with van der Waals surface area (Å²) in [6.07, 6.45) is 2.26. The number of thiocarbonyl (C=S) groups is 1. The fourth-order valence-corrected chi connectivity index (χ4v) is 3.65. The van der Waals surface area contributed by atoms with Crippen molar-refractivity contribution >= 4 is 40.5 Å². The van der Waals surface area contributed by atoms with Crippen LogP contribution < -0.4 is 15.5 Å². The lowest BCUT2D eigenvalue weighted by atomic mass is 10.1. The minimum absolute atomic E-state index is 0.0845. The van der Waals surface area contributed by atoms with Gasteiger partial charge in [0.25, 0.3) is 5.91 Å². The van der Waals surface area contributed by atoms with Crippen molar-refractivity contribution in [1.82, 2.24) is 10.2 Å². The van der Waals surface area contributed by atoms with Gasteiger partial charge in [-0.05, 0) is 55.0 Å². The number of piperazine rings is 1. The smallest absolute Gasteiger partial charge is 0.256 e. The van der Waals surface area contributed by atoms with Gasteiger partial charge in [-0.25, -0.2) is 4.39 Å². The lowest BCUT2D eigenvalue weighted by molar-refractivity contribution is -0.119. The molecule has 8 heteroatoms. The molecule has 1 fully saturated rings. The van der Waals surface area contributed by atoms with Crippen molar-refractivity contribution < 1.29 is 14.0 Å². The van der Waals surface area contributed by atoms with Crippen LogP contribution >= 0.6 is 12.2 Å². The molecule has 2 N–H and O–H groups in total. The second-order valence-corrected chi connectivity index (χ2v) is 7.82. The fourth-order valence-electron chi connectivity index (χ4n) is 3.42. The van der Waals surface area contributed by atoms with E-state index in [1.807, 2.05) is 31.2 Å². The Balaban J connectivity index is 1.50. The molecule has 0 aliphatic carbocycles. The number of amides is 2. The van der Waals surface area contributed by atoms with Crippen molar-refractivity contribution in [3.63, 3.8) is 0 Å². The van der Waals surface area contributed by atoms with Crippen LogP contribution in [0, 0.1) is 5.82 Å². The summed E-state index contributed by atoms with van der Waals surface area (Å²) in [5.41, 5.74) is 1.93. The Labute approximate surface area is 187 Å². The lowest BCUT2D eigenvalue weighted by Gasteiger charge is -2.36. The van der Waals surface area contributed by atoms with Gasteiger partial charge in [-0.2, -0.15) is 0 Å². The van der Waals surface area contributed by atoms with Crippen LogP contribution in [0.5, 0.6) is 0 Å². The van der Waals surface area contributed by atoms with Gasteiger partial charge in [0.1, 0.15) is 5.82 Å². The van der Waals surface area contributed by atoms with Crippen molar-refractivity contribution in [2.75, 3.05) is 36.4 Å². The molecule has 1 saturated heterocycles. The number of carbonyl (C=O) groups excluding carboxylic acids is 2. The molecule has 0 atom stereocenters. The van der Waals surface area contributed by atoms with Crippen LogP contribution in [0.25, 0.3) is 0 Å². The van der Waals surface area contributed by atoms with Crippen LogP contribution in [0.15, 0.2) is 48.5 Å². The highest BCUT2D eigenvalue weighted by atomic mass is 32.1. The molecular weight excluding hydrogens is 415 g/mol. The van der Waals surface area contributed by atoms with Crippen molar-refractivity contribution in [2.24, 2.45) is 0 Å². The first kappa shape index (κ1) is 22.7. The summed E-state index contributed by atoms with van der Waals surface area (Å²) in [6.45, 7) is 4.42. The number of rotatable bonds is 6. The molecule has 6 nitrogen and oxygen atoms in total. The van der Waals surface area contributed by atoms with E-state index in [-0.39, 0.29) is 22.5 Å². The average Bonchev–Trinajstić information content (AvgIpc) is 2.78. The first-order chi connectivity index (χ1) is 15.0. The second-order valence-electron chi connectivity index (χ2n) is 7.41. The van der Waals surface area contributed by atoms with Gasteiger partial charge in [0.05, 0.1) is 5.56 Å². The van der Waals surface area contributed by atoms with Crippen LogP contribution in [0.3, 0.4) is 0 Å². The standard InChI is InChI=1S/C23H27FN4O2S/c1-2-3-8-21(29)26-23(31)25-17-9-11-18(12-10-17)27-13-15-28(16-14-27)22(30)19-6-4-5-7-20(19)24/h4-7,9-12H,2-3,8,13-16H2,1H3,(H2,25,26,29,31). The van der Waals surface area contributed by atoms with Crippen molar-refractivity contribution in [3.8, 4) is 0 Å². The quantitative estimate of drug-likeness (QED) is 0.667. The molecule has 31 heavy (non-hydrogen) atoms. The third-order valence-corrected chi connectivity index (χ3v) is 5.38. The van der Waals surface area contributed by atoms with Crippen molar-refractivity contribution in [3.05, 3.63) is 59.9 Å². The van der Waals surface area contributed by atoms with Gasteiger partial charge in [-0.3, -0.25) is 9.59 Å². The maximum atomic E-state index is 13.9. The number of halogens is 1. The molecule has 2 amide bonds. The number of nitrogens with zero attached hydrogens (tertiary/aromatic N) is 2. The van der Waals surface area contributed by atoms with Gasteiger partial charge in [-0.1, -0.05) is 25.5 Å². The third kappa shape index (κ3) is 6.24. The number of carbonyl (C=O) groups is 2. The number of hydrogen-bond acceptors (Lipinski definition) is 4. The largest absolute Gasteiger partial charge is 0.368 e. The number of benzene rings is 2. The number of unbranched alkanes of at least 4 members (excludes halogenated alkanes) is 1. The predicted octanol–water partition coefficient (Wildman–Crippen LogP) is 3.79. The zero-order chi connectivity index (χ0) is 22.2. The van der Waals surface area contributed by atoms with E-state index in [0.717, 1.165) is 24.2 Å². The summed E-state index contributed by atoms with van der Waals surface area (Å²) in [5.74, 6) is -0.844. The monoisotopic (exact) mass is 442 g/mol. The molecule has 0 bridgehead atoms. The Kier molecular flexibility index (Phi) is 7.94. The molecule has 2 aromatic rings. The Morgan fingerprint density at radius 1 is 1.03 bits per heavy atom. The van der Waals surface area contributed by atoms with Crippen LogP contribution in [0.4, 0.5) is 15.8 Å². The molecular formula is C23H27FN4O2S. The SMILES string of the molecule is CCCCC(=O)NC(=S)Nc1ccc(N2CCN(C(=O)c3ccccc3F)CC2)cc1. The molecule has 1 aliphatic heterocycles. The van der Waals surface area contributed by atoms with E-state index in [2.05, 4.69) is 15.5 Å². The van der Waals surface area contributed by atoms with Gasteiger partial charge in [0.2, 0.25) is 5.91 Å². The number of hydrogen-bond donors (Lipinski definition) is 2. The van der Waals surface area contributed by atoms with Crippen LogP contribution in [0.2, 0.25) is 0 Å². The van der Waals surface area contributed by atoms with E-state index in [9.17, 15) is 14.0 Å². The summed E-state index contributed by atoms with van der Waals surface area (Å²) in [4.78, 5) is 28.2. The van der Waals surface area contributed by atoms with Gasteiger partial charge >= 0.3 is 0 Å². The van der Waals surface area contributed by atoms with E-state index in [1.165, 1.54) is 12.1 Å². The maximum Gasteiger partial charge on any atom is 0.256 e. The summed E-state index contributed by atoms with van der Waals surface area (Å²) in [6, 6.07) is 13.8. The molecule has 0 spiro atoms. The average molecular weight is 443 g/mol. The summed E-state index contributed by atoms with van der Waals surface area (Å²) in [7, 11) is 0. The molecule has 1 aliphatic rings. The highest BCUT2D eigenvalue weighted by Gasteiger charge is 2.24. The number of anilines is 2. The highest BCUT2D eigenvalue weighted by Crippen LogP contribution is 2.20. The summed E-state index contributed by atoms with van der Waals surface area (Å²) >= 11 is 5.19. The van der Waals surface area contributed by atoms with Crippen LogP contribution in [0.1, 0.15) is 36.5 Å². The normalized spacial score (nSPS) is 13.6. The lowest BCUT2D eigenvalue weighted by Crippen LogP contribution is -2.49. The third-order valence-electron chi connectivity index (χ3n) is 5.17. The zero-order valence-electron chi connectivity index (χ0n) is 17.6.